The van der Waals surface area contributed by atoms with E-state index in [1.165, 1.54) is 0 Å². The number of amides is 1. The maximum atomic E-state index is 11.5. The number of piperidine rings is 1. The van der Waals surface area contributed by atoms with Gasteiger partial charge in [0.2, 0.25) is 0 Å². The first kappa shape index (κ1) is 15.3. The second-order valence-electron chi connectivity index (χ2n) is 5.65. The number of carbonyl (C=O) groups excluding carboxylic acids is 1. The highest BCUT2D eigenvalue weighted by atomic mass is 16.1. The van der Waals surface area contributed by atoms with Crippen LogP contribution in [0.2, 0.25) is 0 Å². The predicted octanol–water partition coefficient (Wildman–Crippen LogP) is 1.92. The molecule has 1 amide bonds. The largest absolute Gasteiger partial charge is 0.381 e. The minimum Gasteiger partial charge on any atom is -0.381 e. The molecule has 1 aliphatic rings. The van der Waals surface area contributed by atoms with Gasteiger partial charge in [-0.3, -0.25) is 4.79 Å². The number of aromatic nitrogens is 2. The van der Waals surface area contributed by atoms with Crippen LogP contribution in [-0.4, -0.2) is 42.3 Å². The fourth-order valence-corrected chi connectivity index (χ4v) is 2.82. The number of hydrogen-bond donors (Lipinski definition) is 2. The van der Waals surface area contributed by atoms with Crippen molar-refractivity contribution in [2.24, 2.45) is 0 Å². The highest BCUT2D eigenvalue weighted by Gasteiger charge is 2.21. The van der Waals surface area contributed by atoms with Gasteiger partial charge in [-0.1, -0.05) is 18.2 Å². The SMILES string of the molecule is CNC(=O)c1ccc(N2CCCC(Nc3ccccc3)C2)nn1. The zero-order chi connectivity index (χ0) is 16.1. The molecule has 0 spiro atoms. The molecule has 0 bridgehead atoms. The van der Waals surface area contributed by atoms with Gasteiger partial charge in [0.05, 0.1) is 0 Å². The van der Waals surface area contributed by atoms with Crippen LogP contribution in [-0.2, 0) is 0 Å². The molecule has 2 aromatic rings. The van der Waals surface area contributed by atoms with E-state index in [-0.39, 0.29) is 5.91 Å². The molecule has 1 aromatic heterocycles. The van der Waals surface area contributed by atoms with Gasteiger partial charge in [0, 0.05) is 31.9 Å². The van der Waals surface area contributed by atoms with Crippen LogP contribution >= 0.6 is 0 Å². The van der Waals surface area contributed by atoms with Crippen LogP contribution in [0.1, 0.15) is 23.3 Å². The Bertz CT molecular complexity index is 644. The third kappa shape index (κ3) is 3.77. The first-order valence-electron chi connectivity index (χ1n) is 7.88. The highest BCUT2D eigenvalue weighted by Crippen LogP contribution is 2.20. The first-order chi connectivity index (χ1) is 11.3. The molecule has 1 fully saturated rings. The molecule has 6 heteroatoms. The Morgan fingerprint density at radius 1 is 1.17 bits per heavy atom. The lowest BCUT2D eigenvalue weighted by molar-refractivity contribution is 0.0957. The van der Waals surface area contributed by atoms with Crippen molar-refractivity contribution >= 4 is 17.4 Å². The summed E-state index contributed by atoms with van der Waals surface area (Å²) in [5, 5.41) is 14.3. The lowest BCUT2D eigenvalue weighted by Gasteiger charge is -2.34. The fourth-order valence-electron chi connectivity index (χ4n) is 2.82. The van der Waals surface area contributed by atoms with Gasteiger partial charge in [0.15, 0.2) is 11.5 Å². The zero-order valence-corrected chi connectivity index (χ0v) is 13.2. The first-order valence-corrected chi connectivity index (χ1v) is 7.88. The van der Waals surface area contributed by atoms with E-state index >= 15 is 0 Å². The van der Waals surface area contributed by atoms with E-state index < -0.39 is 0 Å². The van der Waals surface area contributed by atoms with Crippen LogP contribution in [0, 0.1) is 0 Å². The second kappa shape index (κ2) is 7.09. The molecule has 1 unspecified atom stereocenters. The maximum Gasteiger partial charge on any atom is 0.271 e. The third-order valence-corrected chi connectivity index (χ3v) is 4.00. The highest BCUT2D eigenvalue weighted by molar-refractivity contribution is 5.91. The van der Waals surface area contributed by atoms with Gasteiger partial charge in [-0.2, -0.15) is 0 Å². The lowest BCUT2D eigenvalue weighted by atomic mass is 10.1. The maximum absolute atomic E-state index is 11.5. The molecule has 3 rings (SSSR count). The number of hydrogen-bond acceptors (Lipinski definition) is 5. The van der Waals surface area contributed by atoms with Crippen molar-refractivity contribution in [2.45, 2.75) is 18.9 Å². The molecule has 2 heterocycles. The van der Waals surface area contributed by atoms with E-state index in [0.29, 0.717) is 11.7 Å². The van der Waals surface area contributed by atoms with Crippen molar-refractivity contribution in [3.8, 4) is 0 Å². The van der Waals surface area contributed by atoms with E-state index in [1.807, 2.05) is 24.3 Å². The Morgan fingerprint density at radius 2 is 2.00 bits per heavy atom. The van der Waals surface area contributed by atoms with E-state index in [4.69, 9.17) is 0 Å². The van der Waals surface area contributed by atoms with E-state index in [9.17, 15) is 4.79 Å². The Balaban J connectivity index is 1.65. The van der Waals surface area contributed by atoms with Crippen molar-refractivity contribution < 1.29 is 4.79 Å². The van der Waals surface area contributed by atoms with E-state index in [2.05, 4.69) is 37.9 Å². The molecule has 0 saturated carbocycles. The number of anilines is 2. The van der Waals surface area contributed by atoms with Crippen LogP contribution in [0.15, 0.2) is 42.5 Å². The molecular weight excluding hydrogens is 290 g/mol. The predicted molar refractivity (Wildman–Crippen MR) is 90.7 cm³/mol. The molecule has 1 aliphatic heterocycles. The summed E-state index contributed by atoms with van der Waals surface area (Å²) in [7, 11) is 1.59. The van der Waals surface area contributed by atoms with E-state index in [1.54, 1.807) is 13.1 Å². The van der Waals surface area contributed by atoms with Crippen LogP contribution in [0.25, 0.3) is 0 Å². The molecule has 1 atom stereocenters. The summed E-state index contributed by atoms with van der Waals surface area (Å²) in [4.78, 5) is 13.7. The van der Waals surface area contributed by atoms with Gasteiger partial charge >= 0.3 is 0 Å². The molecule has 1 aromatic carbocycles. The number of rotatable bonds is 4. The molecular formula is C17H21N5O. The molecule has 120 valence electrons. The number of nitrogens with zero attached hydrogens (tertiary/aromatic N) is 3. The summed E-state index contributed by atoms with van der Waals surface area (Å²) >= 11 is 0. The van der Waals surface area contributed by atoms with Crippen molar-refractivity contribution in [1.29, 1.82) is 0 Å². The molecule has 23 heavy (non-hydrogen) atoms. The minimum absolute atomic E-state index is 0.216. The minimum atomic E-state index is -0.216. The van der Waals surface area contributed by atoms with Crippen LogP contribution in [0.5, 0.6) is 0 Å². The van der Waals surface area contributed by atoms with Crippen molar-refractivity contribution in [2.75, 3.05) is 30.4 Å². The van der Waals surface area contributed by atoms with Crippen molar-refractivity contribution in [3.63, 3.8) is 0 Å². The number of benzene rings is 1. The average Bonchev–Trinajstić information content (AvgIpc) is 2.62. The molecule has 6 nitrogen and oxygen atoms in total. The fraction of sp³-hybridized carbons (Fsp3) is 0.353. The van der Waals surface area contributed by atoms with Gasteiger partial charge < -0.3 is 15.5 Å². The van der Waals surface area contributed by atoms with Gasteiger partial charge in [0.25, 0.3) is 5.91 Å². The zero-order valence-electron chi connectivity index (χ0n) is 13.2. The average molecular weight is 311 g/mol. The molecule has 2 N–H and O–H groups in total. The van der Waals surface area contributed by atoms with Crippen molar-refractivity contribution in [3.05, 3.63) is 48.2 Å². The Labute approximate surface area is 135 Å². The Morgan fingerprint density at radius 3 is 2.70 bits per heavy atom. The van der Waals surface area contributed by atoms with Gasteiger partial charge in [0.1, 0.15) is 0 Å². The van der Waals surface area contributed by atoms with Crippen LogP contribution in [0.4, 0.5) is 11.5 Å². The second-order valence-corrected chi connectivity index (χ2v) is 5.65. The number of nitrogens with one attached hydrogen (secondary N) is 2. The van der Waals surface area contributed by atoms with E-state index in [0.717, 1.165) is 37.4 Å². The lowest BCUT2D eigenvalue weighted by Crippen LogP contribution is -2.42. The normalized spacial score (nSPS) is 17.6. The summed E-state index contributed by atoms with van der Waals surface area (Å²) in [5.41, 5.74) is 1.48. The summed E-state index contributed by atoms with van der Waals surface area (Å²) in [5.74, 6) is 0.600. The standard InChI is InChI=1S/C17H21N5O/c1-18-17(23)15-9-10-16(21-20-15)22-11-5-8-14(12-22)19-13-6-3-2-4-7-13/h2-4,6-7,9-10,14,19H,5,8,11-12H2,1H3,(H,18,23). The molecule has 0 aliphatic carbocycles. The summed E-state index contributed by atoms with van der Waals surface area (Å²) in [6, 6.07) is 14.2. The van der Waals surface area contributed by atoms with Gasteiger partial charge in [-0.25, -0.2) is 0 Å². The number of para-hydroxylation sites is 1. The third-order valence-electron chi connectivity index (χ3n) is 4.00. The topological polar surface area (TPSA) is 70.2 Å². The van der Waals surface area contributed by atoms with Gasteiger partial charge in [-0.05, 0) is 37.1 Å². The quantitative estimate of drug-likeness (QED) is 0.903. The van der Waals surface area contributed by atoms with Gasteiger partial charge in [-0.15, -0.1) is 10.2 Å². The molecule has 0 radical (unpaired) electrons. The van der Waals surface area contributed by atoms with Crippen LogP contribution in [0.3, 0.4) is 0 Å². The van der Waals surface area contributed by atoms with Crippen LogP contribution < -0.4 is 15.5 Å². The molecule has 1 saturated heterocycles. The summed E-state index contributed by atoms with van der Waals surface area (Å²) < 4.78 is 0. The Kier molecular flexibility index (Phi) is 4.71. The number of carbonyl (C=O) groups is 1. The Hall–Kier alpha value is -2.63. The van der Waals surface area contributed by atoms with Crippen molar-refractivity contribution in [1.82, 2.24) is 15.5 Å². The summed E-state index contributed by atoms with van der Waals surface area (Å²) in [6.07, 6.45) is 2.23. The monoisotopic (exact) mass is 311 g/mol. The summed E-state index contributed by atoms with van der Waals surface area (Å²) in [6.45, 7) is 1.84. The smallest absolute Gasteiger partial charge is 0.271 e.